The predicted molar refractivity (Wildman–Crippen MR) is 62.2 cm³/mol. The topological polar surface area (TPSA) is 81.1 Å². The van der Waals surface area contributed by atoms with Gasteiger partial charge in [0.15, 0.2) is 5.82 Å². The second kappa shape index (κ2) is 4.93. The van der Waals surface area contributed by atoms with Gasteiger partial charge >= 0.3 is 0 Å². The van der Waals surface area contributed by atoms with Crippen LogP contribution in [-0.2, 0) is 6.42 Å². The molecule has 15 heavy (non-hydrogen) atoms. The number of nitrogens with two attached hydrogens (primary N) is 2. The molecule has 0 amide bonds. The van der Waals surface area contributed by atoms with Crippen LogP contribution in [0.15, 0.2) is 6.33 Å². The Morgan fingerprint density at radius 1 is 1.40 bits per heavy atom. The Morgan fingerprint density at radius 3 is 2.60 bits per heavy atom. The average molecular weight is 209 g/mol. The molecule has 0 radical (unpaired) electrons. The van der Waals surface area contributed by atoms with Crippen LogP contribution in [0.1, 0.15) is 32.8 Å². The third-order valence-electron chi connectivity index (χ3n) is 2.26. The smallest absolute Gasteiger partial charge is 0.151 e. The van der Waals surface area contributed by atoms with E-state index in [0.717, 1.165) is 24.2 Å². The fraction of sp³-hybridized carbons (Fsp3) is 0.600. The SMILES string of the molecule is CCCc1c(N)ncnc1N(N)C(C)C. The first-order valence-corrected chi connectivity index (χ1v) is 5.21. The van der Waals surface area contributed by atoms with Gasteiger partial charge in [-0.3, -0.25) is 5.01 Å². The molecule has 1 rings (SSSR count). The third-order valence-corrected chi connectivity index (χ3v) is 2.26. The molecule has 5 heteroatoms. The highest BCUT2D eigenvalue weighted by Crippen LogP contribution is 2.22. The van der Waals surface area contributed by atoms with E-state index in [2.05, 4.69) is 16.9 Å². The van der Waals surface area contributed by atoms with Crippen molar-refractivity contribution in [2.24, 2.45) is 5.84 Å². The minimum atomic E-state index is 0.190. The van der Waals surface area contributed by atoms with Crippen molar-refractivity contribution in [3.63, 3.8) is 0 Å². The Labute approximate surface area is 90.5 Å². The van der Waals surface area contributed by atoms with Crippen LogP contribution in [0.2, 0.25) is 0 Å². The van der Waals surface area contributed by atoms with Gasteiger partial charge in [-0.25, -0.2) is 15.8 Å². The number of nitrogen functional groups attached to an aromatic ring is 1. The molecule has 4 N–H and O–H groups in total. The number of rotatable bonds is 4. The summed E-state index contributed by atoms with van der Waals surface area (Å²) < 4.78 is 0. The lowest BCUT2D eigenvalue weighted by Gasteiger charge is -2.24. The quantitative estimate of drug-likeness (QED) is 0.573. The summed E-state index contributed by atoms with van der Waals surface area (Å²) >= 11 is 0. The van der Waals surface area contributed by atoms with Gasteiger partial charge < -0.3 is 5.73 Å². The van der Waals surface area contributed by atoms with Crippen LogP contribution in [0.4, 0.5) is 11.6 Å². The highest BCUT2D eigenvalue weighted by atomic mass is 15.4. The first-order valence-electron chi connectivity index (χ1n) is 5.21. The second-order valence-corrected chi connectivity index (χ2v) is 3.81. The molecule has 0 fully saturated rings. The van der Waals surface area contributed by atoms with Crippen LogP contribution in [-0.4, -0.2) is 16.0 Å². The van der Waals surface area contributed by atoms with Crippen molar-refractivity contribution in [3.05, 3.63) is 11.9 Å². The van der Waals surface area contributed by atoms with Crippen molar-refractivity contribution in [1.82, 2.24) is 9.97 Å². The molecular weight excluding hydrogens is 190 g/mol. The molecule has 84 valence electrons. The molecule has 0 aliphatic rings. The van der Waals surface area contributed by atoms with Gasteiger partial charge in [0.2, 0.25) is 0 Å². The Bertz CT molecular complexity index is 324. The molecule has 1 heterocycles. The Balaban J connectivity index is 3.10. The lowest BCUT2D eigenvalue weighted by molar-refractivity contribution is 0.691. The van der Waals surface area contributed by atoms with Crippen LogP contribution >= 0.6 is 0 Å². The maximum Gasteiger partial charge on any atom is 0.151 e. The summed E-state index contributed by atoms with van der Waals surface area (Å²) in [5.41, 5.74) is 6.75. The first kappa shape index (κ1) is 11.7. The number of hydrogen-bond acceptors (Lipinski definition) is 5. The number of hydrogen-bond donors (Lipinski definition) is 2. The van der Waals surface area contributed by atoms with E-state index in [0.29, 0.717) is 5.82 Å². The minimum absolute atomic E-state index is 0.190. The van der Waals surface area contributed by atoms with E-state index in [-0.39, 0.29) is 6.04 Å². The van der Waals surface area contributed by atoms with Crippen LogP contribution < -0.4 is 16.6 Å². The fourth-order valence-corrected chi connectivity index (χ4v) is 1.37. The van der Waals surface area contributed by atoms with Crippen molar-refractivity contribution in [1.29, 1.82) is 0 Å². The molecule has 0 spiro atoms. The summed E-state index contributed by atoms with van der Waals surface area (Å²) in [6.07, 6.45) is 3.30. The maximum atomic E-state index is 5.93. The number of anilines is 2. The van der Waals surface area contributed by atoms with Crippen molar-refractivity contribution < 1.29 is 0 Å². The van der Waals surface area contributed by atoms with E-state index in [1.165, 1.54) is 6.33 Å². The lowest BCUT2D eigenvalue weighted by atomic mass is 10.1. The van der Waals surface area contributed by atoms with Crippen molar-refractivity contribution >= 4 is 11.6 Å². The normalized spacial score (nSPS) is 10.7. The molecule has 0 saturated heterocycles. The van der Waals surface area contributed by atoms with E-state index < -0.39 is 0 Å². The number of nitrogens with zero attached hydrogens (tertiary/aromatic N) is 3. The molecule has 0 aliphatic carbocycles. The zero-order valence-electron chi connectivity index (χ0n) is 9.57. The fourth-order valence-electron chi connectivity index (χ4n) is 1.37. The number of hydrazine groups is 1. The molecule has 0 atom stereocenters. The van der Waals surface area contributed by atoms with Gasteiger partial charge in [-0.05, 0) is 20.3 Å². The zero-order valence-corrected chi connectivity index (χ0v) is 9.57. The molecule has 1 aromatic heterocycles. The highest BCUT2D eigenvalue weighted by molar-refractivity contribution is 5.56. The van der Waals surface area contributed by atoms with Crippen LogP contribution in [0.25, 0.3) is 0 Å². The average Bonchev–Trinajstić information content (AvgIpc) is 2.20. The van der Waals surface area contributed by atoms with Crippen LogP contribution in [0, 0.1) is 0 Å². The molecule has 1 aromatic rings. The summed E-state index contributed by atoms with van der Waals surface area (Å²) in [4.78, 5) is 8.17. The summed E-state index contributed by atoms with van der Waals surface area (Å²) in [7, 11) is 0. The monoisotopic (exact) mass is 209 g/mol. The summed E-state index contributed by atoms with van der Waals surface area (Å²) in [5, 5.41) is 1.63. The lowest BCUT2D eigenvalue weighted by Crippen LogP contribution is -2.39. The largest absolute Gasteiger partial charge is 0.383 e. The van der Waals surface area contributed by atoms with E-state index in [9.17, 15) is 0 Å². The predicted octanol–water partition coefficient (Wildman–Crippen LogP) is 1.10. The van der Waals surface area contributed by atoms with Gasteiger partial charge in [-0.15, -0.1) is 0 Å². The molecular formula is C10H19N5. The Hall–Kier alpha value is -1.36. The van der Waals surface area contributed by atoms with Gasteiger partial charge in [0.05, 0.1) is 0 Å². The zero-order chi connectivity index (χ0) is 11.4. The Kier molecular flexibility index (Phi) is 3.85. The second-order valence-electron chi connectivity index (χ2n) is 3.81. The van der Waals surface area contributed by atoms with E-state index in [4.69, 9.17) is 11.6 Å². The molecule has 0 saturated carbocycles. The summed E-state index contributed by atoms with van der Waals surface area (Å²) in [6.45, 7) is 6.11. The Morgan fingerprint density at radius 2 is 2.07 bits per heavy atom. The number of aromatic nitrogens is 2. The van der Waals surface area contributed by atoms with Crippen molar-refractivity contribution in [3.8, 4) is 0 Å². The molecule has 0 bridgehead atoms. The molecule has 0 unspecified atom stereocenters. The molecule has 0 aliphatic heterocycles. The first-order chi connectivity index (χ1) is 7.07. The highest BCUT2D eigenvalue weighted by Gasteiger charge is 2.14. The van der Waals surface area contributed by atoms with E-state index in [1.807, 2.05) is 13.8 Å². The summed E-state index contributed by atoms with van der Waals surface area (Å²) in [6, 6.07) is 0.190. The summed E-state index contributed by atoms with van der Waals surface area (Å²) in [5.74, 6) is 7.19. The van der Waals surface area contributed by atoms with Gasteiger partial charge in [-0.1, -0.05) is 13.3 Å². The standard InChI is InChI=1S/C10H19N5/c1-4-5-8-9(11)13-6-14-10(8)15(12)7(2)3/h6-7H,4-5,12H2,1-3H3,(H2,11,13,14). The van der Waals surface area contributed by atoms with Gasteiger partial charge in [0, 0.05) is 11.6 Å². The third kappa shape index (κ3) is 2.56. The van der Waals surface area contributed by atoms with Crippen molar-refractivity contribution in [2.45, 2.75) is 39.7 Å². The van der Waals surface area contributed by atoms with Crippen LogP contribution in [0.3, 0.4) is 0 Å². The van der Waals surface area contributed by atoms with E-state index >= 15 is 0 Å². The minimum Gasteiger partial charge on any atom is -0.383 e. The van der Waals surface area contributed by atoms with E-state index in [1.54, 1.807) is 5.01 Å². The molecule has 5 nitrogen and oxygen atoms in total. The maximum absolute atomic E-state index is 5.93. The van der Waals surface area contributed by atoms with Crippen molar-refractivity contribution in [2.75, 3.05) is 10.7 Å². The van der Waals surface area contributed by atoms with Gasteiger partial charge in [-0.2, -0.15) is 0 Å². The van der Waals surface area contributed by atoms with Gasteiger partial charge in [0.1, 0.15) is 12.1 Å². The molecule has 0 aromatic carbocycles. The van der Waals surface area contributed by atoms with Gasteiger partial charge in [0.25, 0.3) is 0 Å². The van der Waals surface area contributed by atoms with Crippen LogP contribution in [0.5, 0.6) is 0 Å².